The van der Waals surface area contributed by atoms with E-state index in [1.54, 1.807) is 25.0 Å². The minimum atomic E-state index is -0.650. The van der Waals surface area contributed by atoms with Crippen LogP contribution in [-0.2, 0) is 7.05 Å². The van der Waals surface area contributed by atoms with E-state index in [9.17, 15) is 9.18 Å². The summed E-state index contributed by atoms with van der Waals surface area (Å²) in [7, 11) is 3.42. The van der Waals surface area contributed by atoms with Crippen LogP contribution in [0, 0.1) is 5.82 Å². The molecule has 5 rings (SSSR count). The Bertz CT molecular complexity index is 1350. The number of nitrogens with two attached hydrogens (primary N) is 1. The van der Waals surface area contributed by atoms with Crippen LogP contribution in [0.15, 0.2) is 41.0 Å². The Balaban J connectivity index is 1.60. The monoisotopic (exact) mass is 469 g/mol. The van der Waals surface area contributed by atoms with Gasteiger partial charge in [-0.25, -0.2) is 9.37 Å². The summed E-state index contributed by atoms with van der Waals surface area (Å²) >= 11 is 3.42. The summed E-state index contributed by atoms with van der Waals surface area (Å²) in [5.74, 6) is -0.107. The van der Waals surface area contributed by atoms with Crippen molar-refractivity contribution in [2.45, 2.75) is 6.04 Å². The lowest BCUT2D eigenvalue weighted by Gasteiger charge is -2.24. The zero-order chi connectivity index (χ0) is 21.2. The summed E-state index contributed by atoms with van der Waals surface area (Å²) in [6.07, 6.45) is 1.61. The molecule has 1 amide bonds. The van der Waals surface area contributed by atoms with Crippen molar-refractivity contribution in [3.05, 3.63) is 57.9 Å². The van der Waals surface area contributed by atoms with Gasteiger partial charge in [0.1, 0.15) is 24.0 Å². The smallest absolute Gasteiger partial charge is 0.257 e. The Morgan fingerprint density at radius 3 is 2.93 bits per heavy atom. The van der Waals surface area contributed by atoms with Crippen LogP contribution >= 0.6 is 15.9 Å². The molecule has 9 heteroatoms. The van der Waals surface area contributed by atoms with Crippen molar-refractivity contribution in [3.8, 4) is 5.75 Å². The highest BCUT2D eigenvalue weighted by Gasteiger charge is 2.32. The molecule has 2 aromatic heterocycles. The van der Waals surface area contributed by atoms with Crippen LogP contribution < -0.4 is 10.5 Å². The molecule has 2 N–H and O–H groups in total. The van der Waals surface area contributed by atoms with Crippen molar-refractivity contribution >= 4 is 49.5 Å². The van der Waals surface area contributed by atoms with Crippen LogP contribution in [0.5, 0.6) is 5.75 Å². The van der Waals surface area contributed by atoms with Crippen LogP contribution in [0.3, 0.4) is 0 Å². The minimum Gasteiger partial charge on any atom is -0.491 e. The molecule has 2 aromatic carbocycles. The van der Waals surface area contributed by atoms with Gasteiger partial charge in [0.2, 0.25) is 0 Å². The number of ether oxygens (including phenoxy) is 1. The molecular weight excluding hydrogens is 453 g/mol. The second-order valence-corrected chi connectivity index (χ2v) is 8.22. The van der Waals surface area contributed by atoms with Crippen molar-refractivity contribution < 1.29 is 13.9 Å². The standard InChI is InChI=1S/C21H17BrFN5O2/c1-27(17-9-30-18-5-10(22)3-4-11(17)18)21(29)12-6-13-16(7-15(12)23)26-20(24)14-8-25-28(2)19(13)14/h3-8,17H,9H2,1-2H3,(H2,24,26). The summed E-state index contributed by atoms with van der Waals surface area (Å²) in [5.41, 5.74) is 7.92. The number of hydrogen-bond acceptors (Lipinski definition) is 5. The number of likely N-dealkylation sites (N-methyl/N-ethyl adjacent to an activating group) is 1. The quantitative estimate of drug-likeness (QED) is 0.482. The fraction of sp³-hybridized carbons (Fsp3) is 0.190. The molecule has 1 atom stereocenters. The number of amides is 1. The van der Waals surface area contributed by atoms with E-state index in [-0.39, 0.29) is 17.4 Å². The summed E-state index contributed by atoms with van der Waals surface area (Å²) in [6.45, 7) is 0.313. The molecule has 30 heavy (non-hydrogen) atoms. The Morgan fingerprint density at radius 1 is 1.33 bits per heavy atom. The lowest BCUT2D eigenvalue weighted by molar-refractivity contribution is 0.0704. The van der Waals surface area contributed by atoms with Crippen molar-refractivity contribution in [3.63, 3.8) is 0 Å². The summed E-state index contributed by atoms with van der Waals surface area (Å²) in [4.78, 5) is 19.0. The molecule has 7 nitrogen and oxygen atoms in total. The molecule has 4 aromatic rings. The van der Waals surface area contributed by atoms with Gasteiger partial charge in [0.15, 0.2) is 0 Å². The molecule has 0 saturated heterocycles. The summed E-state index contributed by atoms with van der Waals surface area (Å²) in [6, 6.07) is 8.12. The first-order valence-electron chi connectivity index (χ1n) is 9.25. The van der Waals surface area contributed by atoms with E-state index < -0.39 is 11.7 Å². The molecule has 0 bridgehead atoms. The van der Waals surface area contributed by atoms with Gasteiger partial charge >= 0.3 is 0 Å². The second-order valence-electron chi connectivity index (χ2n) is 7.30. The summed E-state index contributed by atoms with van der Waals surface area (Å²) < 4.78 is 23.2. The van der Waals surface area contributed by atoms with Crippen LogP contribution in [-0.4, -0.2) is 39.2 Å². The number of fused-ring (bicyclic) bond motifs is 4. The van der Waals surface area contributed by atoms with Gasteiger partial charge in [0.25, 0.3) is 5.91 Å². The highest BCUT2D eigenvalue weighted by Crippen LogP contribution is 2.38. The topological polar surface area (TPSA) is 86.3 Å². The maximum absolute atomic E-state index is 14.9. The number of carbonyl (C=O) groups excluding carboxylic acids is 1. The van der Waals surface area contributed by atoms with Gasteiger partial charge in [-0.1, -0.05) is 22.0 Å². The molecular formula is C21H17BrFN5O2. The van der Waals surface area contributed by atoms with Gasteiger partial charge in [-0.05, 0) is 18.2 Å². The van der Waals surface area contributed by atoms with Gasteiger partial charge in [-0.3, -0.25) is 9.48 Å². The molecule has 0 spiro atoms. The maximum Gasteiger partial charge on any atom is 0.257 e. The van der Waals surface area contributed by atoms with Crippen molar-refractivity contribution in [1.82, 2.24) is 19.7 Å². The molecule has 1 aliphatic heterocycles. The Kier molecular flexibility index (Phi) is 4.18. The second kappa shape index (κ2) is 6.66. The van der Waals surface area contributed by atoms with E-state index in [1.165, 1.54) is 17.0 Å². The number of aromatic nitrogens is 3. The first-order chi connectivity index (χ1) is 14.3. The van der Waals surface area contributed by atoms with E-state index in [0.717, 1.165) is 10.0 Å². The fourth-order valence-electron chi connectivity index (χ4n) is 3.96. The Hall–Kier alpha value is -3.20. The number of nitrogen functional groups attached to an aromatic ring is 1. The highest BCUT2D eigenvalue weighted by molar-refractivity contribution is 9.10. The van der Waals surface area contributed by atoms with Gasteiger partial charge in [0, 0.05) is 35.6 Å². The third-order valence-electron chi connectivity index (χ3n) is 5.55. The molecule has 152 valence electrons. The van der Waals surface area contributed by atoms with E-state index in [2.05, 4.69) is 26.0 Å². The zero-order valence-corrected chi connectivity index (χ0v) is 17.8. The van der Waals surface area contributed by atoms with Crippen LogP contribution in [0.25, 0.3) is 21.8 Å². The largest absolute Gasteiger partial charge is 0.491 e. The van der Waals surface area contributed by atoms with Crippen molar-refractivity contribution in [2.75, 3.05) is 19.4 Å². The van der Waals surface area contributed by atoms with Gasteiger partial charge in [-0.2, -0.15) is 5.10 Å². The van der Waals surface area contributed by atoms with Crippen LogP contribution in [0.1, 0.15) is 22.0 Å². The van der Waals surface area contributed by atoms with Crippen LogP contribution in [0.4, 0.5) is 10.2 Å². The van der Waals surface area contributed by atoms with E-state index >= 15 is 0 Å². The molecule has 1 aliphatic rings. The molecule has 0 fully saturated rings. The number of benzene rings is 2. The zero-order valence-electron chi connectivity index (χ0n) is 16.2. The first kappa shape index (κ1) is 18.8. The number of anilines is 1. The Labute approximate surface area is 179 Å². The number of carbonyl (C=O) groups is 1. The van der Waals surface area contributed by atoms with Gasteiger partial charge in [-0.15, -0.1) is 0 Å². The van der Waals surface area contributed by atoms with Crippen molar-refractivity contribution in [2.24, 2.45) is 7.05 Å². The van der Waals surface area contributed by atoms with Crippen LogP contribution in [0.2, 0.25) is 0 Å². The van der Waals surface area contributed by atoms with Crippen molar-refractivity contribution in [1.29, 1.82) is 0 Å². The predicted octanol–water partition coefficient (Wildman–Crippen LogP) is 3.81. The number of pyridine rings is 1. The molecule has 3 heterocycles. The van der Waals surface area contributed by atoms with E-state index in [0.29, 0.717) is 34.2 Å². The number of hydrogen-bond donors (Lipinski definition) is 1. The first-order valence-corrected chi connectivity index (χ1v) is 10.0. The van der Waals surface area contributed by atoms with E-state index in [4.69, 9.17) is 10.5 Å². The molecule has 0 radical (unpaired) electrons. The number of halogens is 2. The highest BCUT2D eigenvalue weighted by atomic mass is 79.9. The van der Waals surface area contributed by atoms with E-state index in [1.807, 2.05) is 18.2 Å². The SMILES string of the molecule is CN(C(=O)c1cc2c(cc1F)nc(N)c1cnn(C)c12)C1COc2cc(Br)ccc21. The minimum absolute atomic E-state index is 0.0374. The Morgan fingerprint density at radius 2 is 2.13 bits per heavy atom. The lowest BCUT2D eigenvalue weighted by atomic mass is 10.0. The van der Waals surface area contributed by atoms with Gasteiger partial charge < -0.3 is 15.4 Å². The molecule has 0 aliphatic carbocycles. The van der Waals surface area contributed by atoms with Gasteiger partial charge in [0.05, 0.1) is 34.2 Å². The number of aryl methyl sites for hydroxylation is 1. The predicted molar refractivity (Wildman–Crippen MR) is 115 cm³/mol. The number of nitrogens with zero attached hydrogens (tertiary/aromatic N) is 4. The molecule has 0 saturated carbocycles. The lowest BCUT2D eigenvalue weighted by Crippen LogP contribution is -2.32. The fourth-order valence-corrected chi connectivity index (χ4v) is 4.30. The normalized spacial score (nSPS) is 15.4. The summed E-state index contributed by atoms with van der Waals surface area (Å²) in [5, 5.41) is 5.50. The average molecular weight is 470 g/mol. The maximum atomic E-state index is 14.9. The third kappa shape index (κ3) is 2.72. The third-order valence-corrected chi connectivity index (χ3v) is 6.04. The molecule has 1 unspecified atom stereocenters. The number of rotatable bonds is 2. The average Bonchev–Trinajstić information content (AvgIpc) is 3.30.